The highest BCUT2D eigenvalue weighted by molar-refractivity contribution is 7.89. The monoisotopic (exact) mass is 406 g/mol. The van der Waals surface area contributed by atoms with E-state index in [-0.39, 0.29) is 17.9 Å². The molecule has 0 aliphatic heterocycles. The molecule has 0 aromatic heterocycles. The first-order valence-electron chi connectivity index (χ1n) is 8.48. The molecule has 1 atom stereocenters. The number of anilines is 1. The van der Waals surface area contributed by atoms with Gasteiger partial charge in [-0.2, -0.15) is 0 Å². The normalized spacial score (nSPS) is 12.1. The Morgan fingerprint density at radius 1 is 1.11 bits per heavy atom. The molecular weight excluding hydrogens is 384 g/mol. The van der Waals surface area contributed by atoms with Crippen molar-refractivity contribution in [3.05, 3.63) is 54.1 Å². The molecule has 2 aromatic carbocycles. The van der Waals surface area contributed by atoms with Crippen LogP contribution in [0.25, 0.3) is 0 Å². The first-order chi connectivity index (χ1) is 13.2. The van der Waals surface area contributed by atoms with Crippen LogP contribution in [0.5, 0.6) is 5.75 Å². The maximum Gasteiger partial charge on any atom is 0.310 e. The summed E-state index contributed by atoms with van der Waals surface area (Å²) in [4.78, 5) is 23.9. The SMILES string of the molecule is Cc1ccccc1OCCC(=O)O[C@@H](C)C(=O)Nc1ccc(S(N)(=O)=O)cc1. The number of carbonyl (C=O) groups excluding carboxylic acids is 2. The first kappa shape index (κ1) is 21.4. The average molecular weight is 406 g/mol. The lowest BCUT2D eigenvalue weighted by molar-refractivity contribution is -0.153. The third-order valence-electron chi connectivity index (χ3n) is 3.79. The molecule has 1 amide bonds. The van der Waals surface area contributed by atoms with Gasteiger partial charge in [-0.15, -0.1) is 0 Å². The zero-order valence-corrected chi connectivity index (χ0v) is 16.4. The lowest BCUT2D eigenvalue weighted by Gasteiger charge is -2.14. The predicted molar refractivity (Wildman–Crippen MR) is 103 cm³/mol. The minimum absolute atomic E-state index is 0.00495. The Hall–Kier alpha value is -2.91. The highest BCUT2D eigenvalue weighted by Crippen LogP contribution is 2.16. The molecule has 0 aliphatic rings. The molecule has 0 fully saturated rings. The van der Waals surface area contributed by atoms with E-state index in [1.807, 2.05) is 25.1 Å². The number of aryl methyl sites for hydroxylation is 1. The van der Waals surface area contributed by atoms with E-state index in [2.05, 4.69) is 5.32 Å². The smallest absolute Gasteiger partial charge is 0.310 e. The molecule has 0 aliphatic carbocycles. The summed E-state index contributed by atoms with van der Waals surface area (Å²) in [7, 11) is -3.81. The van der Waals surface area contributed by atoms with E-state index in [0.29, 0.717) is 11.4 Å². The van der Waals surface area contributed by atoms with E-state index in [9.17, 15) is 18.0 Å². The van der Waals surface area contributed by atoms with Gasteiger partial charge in [0.2, 0.25) is 10.0 Å². The zero-order valence-electron chi connectivity index (χ0n) is 15.5. The summed E-state index contributed by atoms with van der Waals surface area (Å²) < 4.78 is 33.0. The van der Waals surface area contributed by atoms with E-state index in [1.54, 1.807) is 6.07 Å². The Morgan fingerprint density at radius 3 is 2.36 bits per heavy atom. The number of rotatable bonds is 8. The van der Waals surface area contributed by atoms with Crippen molar-refractivity contribution in [1.29, 1.82) is 0 Å². The summed E-state index contributed by atoms with van der Waals surface area (Å²) >= 11 is 0. The third-order valence-corrected chi connectivity index (χ3v) is 4.71. The molecule has 0 unspecified atom stereocenters. The number of nitrogens with one attached hydrogen (secondary N) is 1. The molecule has 0 spiro atoms. The van der Waals surface area contributed by atoms with Crippen molar-refractivity contribution < 1.29 is 27.5 Å². The first-order valence-corrected chi connectivity index (χ1v) is 10.0. The number of ether oxygens (including phenoxy) is 2. The quantitative estimate of drug-likeness (QED) is 0.646. The van der Waals surface area contributed by atoms with E-state index in [0.717, 1.165) is 5.56 Å². The summed E-state index contributed by atoms with van der Waals surface area (Å²) in [6.45, 7) is 3.47. The predicted octanol–water partition coefficient (Wildman–Crippen LogP) is 1.98. The fourth-order valence-corrected chi connectivity index (χ4v) is 2.76. The van der Waals surface area contributed by atoms with Crippen LogP contribution in [-0.4, -0.2) is 33.0 Å². The van der Waals surface area contributed by atoms with Gasteiger partial charge < -0.3 is 14.8 Å². The molecule has 2 aromatic rings. The van der Waals surface area contributed by atoms with Crippen LogP contribution in [0, 0.1) is 6.92 Å². The Labute approximate surface area is 163 Å². The minimum Gasteiger partial charge on any atom is -0.493 e. The van der Waals surface area contributed by atoms with Crippen LogP contribution in [-0.2, 0) is 24.3 Å². The second-order valence-electron chi connectivity index (χ2n) is 6.05. The minimum atomic E-state index is -3.81. The average Bonchev–Trinajstić information content (AvgIpc) is 2.63. The summed E-state index contributed by atoms with van der Waals surface area (Å²) in [5.41, 5.74) is 1.31. The van der Waals surface area contributed by atoms with Gasteiger partial charge in [0.15, 0.2) is 6.10 Å². The summed E-state index contributed by atoms with van der Waals surface area (Å²) in [6.07, 6.45) is -1.03. The fourth-order valence-electron chi connectivity index (χ4n) is 2.24. The molecule has 2 rings (SSSR count). The van der Waals surface area contributed by atoms with E-state index in [4.69, 9.17) is 14.6 Å². The standard InChI is InChI=1S/C19H22N2O6S/c1-13-5-3-4-6-17(13)26-12-11-18(22)27-14(2)19(23)21-15-7-9-16(10-8-15)28(20,24)25/h3-10,14H,11-12H2,1-2H3,(H,21,23)(H2,20,24,25)/t14-/m0/s1. The number of para-hydroxylation sites is 1. The lowest BCUT2D eigenvalue weighted by atomic mass is 10.2. The van der Waals surface area contributed by atoms with Crippen molar-refractivity contribution in [2.45, 2.75) is 31.3 Å². The van der Waals surface area contributed by atoms with E-state index >= 15 is 0 Å². The van der Waals surface area contributed by atoms with Crippen molar-refractivity contribution in [1.82, 2.24) is 0 Å². The molecule has 8 nitrogen and oxygen atoms in total. The molecule has 9 heteroatoms. The highest BCUT2D eigenvalue weighted by atomic mass is 32.2. The van der Waals surface area contributed by atoms with E-state index in [1.165, 1.54) is 31.2 Å². The molecule has 0 heterocycles. The Balaban J connectivity index is 1.79. The second-order valence-corrected chi connectivity index (χ2v) is 7.62. The molecular formula is C19H22N2O6S. The zero-order chi connectivity index (χ0) is 20.7. The fraction of sp³-hybridized carbons (Fsp3) is 0.263. The molecule has 0 bridgehead atoms. The summed E-state index contributed by atoms with van der Waals surface area (Å²) in [5.74, 6) is -0.429. The number of hydrogen-bond donors (Lipinski definition) is 2. The van der Waals surface area contributed by atoms with Gasteiger partial charge in [-0.25, -0.2) is 13.6 Å². The van der Waals surface area contributed by atoms with Crippen molar-refractivity contribution in [3.63, 3.8) is 0 Å². The van der Waals surface area contributed by atoms with Crippen LogP contribution in [0.2, 0.25) is 0 Å². The third kappa shape index (κ3) is 6.36. The van der Waals surface area contributed by atoms with Gasteiger partial charge in [0.25, 0.3) is 5.91 Å². The van der Waals surface area contributed by atoms with Gasteiger partial charge in [-0.1, -0.05) is 18.2 Å². The number of carbonyl (C=O) groups is 2. The summed E-state index contributed by atoms with van der Waals surface area (Å²) in [6, 6.07) is 12.7. The number of nitrogens with two attached hydrogens (primary N) is 1. The molecule has 3 N–H and O–H groups in total. The van der Waals surface area contributed by atoms with Crippen LogP contribution >= 0.6 is 0 Å². The van der Waals surface area contributed by atoms with Gasteiger partial charge >= 0.3 is 5.97 Å². The Morgan fingerprint density at radius 2 is 1.75 bits per heavy atom. The molecule has 0 saturated heterocycles. The molecule has 0 radical (unpaired) electrons. The number of primary sulfonamides is 1. The van der Waals surface area contributed by atoms with Gasteiger partial charge in [0.05, 0.1) is 17.9 Å². The van der Waals surface area contributed by atoms with Gasteiger partial charge in [-0.05, 0) is 49.7 Å². The van der Waals surface area contributed by atoms with E-state index < -0.39 is 28.0 Å². The highest BCUT2D eigenvalue weighted by Gasteiger charge is 2.18. The molecule has 150 valence electrons. The Bertz CT molecular complexity index is 941. The Kier molecular flexibility index (Phi) is 7.13. The van der Waals surface area contributed by atoms with Crippen molar-refractivity contribution in [3.8, 4) is 5.75 Å². The second kappa shape index (κ2) is 9.34. The number of esters is 1. The van der Waals surface area contributed by atoms with Crippen LogP contribution in [0.4, 0.5) is 5.69 Å². The largest absolute Gasteiger partial charge is 0.493 e. The lowest BCUT2D eigenvalue weighted by Crippen LogP contribution is -2.30. The van der Waals surface area contributed by atoms with Gasteiger partial charge in [-0.3, -0.25) is 9.59 Å². The molecule has 0 saturated carbocycles. The number of benzene rings is 2. The van der Waals surface area contributed by atoms with Crippen molar-refractivity contribution in [2.75, 3.05) is 11.9 Å². The maximum atomic E-state index is 12.1. The van der Waals surface area contributed by atoms with Gasteiger partial charge in [0, 0.05) is 5.69 Å². The topological polar surface area (TPSA) is 125 Å². The van der Waals surface area contributed by atoms with Crippen LogP contribution < -0.4 is 15.2 Å². The summed E-state index contributed by atoms with van der Waals surface area (Å²) in [5, 5.41) is 7.55. The number of amides is 1. The van der Waals surface area contributed by atoms with Gasteiger partial charge in [0.1, 0.15) is 5.75 Å². The number of hydrogen-bond acceptors (Lipinski definition) is 6. The van der Waals surface area contributed by atoms with Crippen LogP contribution in [0.15, 0.2) is 53.4 Å². The maximum absolute atomic E-state index is 12.1. The van der Waals surface area contributed by atoms with Crippen LogP contribution in [0.1, 0.15) is 18.9 Å². The van der Waals surface area contributed by atoms with Crippen molar-refractivity contribution >= 4 is 27.6 Å². The van der Waals surface area contributed by atoms with Crippen LogP contribution in [0.3, 0.4) is 0 Å². The molecule has 28 heavy (non-hydrogen) atoms. The van der Waals surface area contributed by atoms with Crippen molar-refractivity contribution in [2.24, 2.45) is 5.14 Å². The number of sulfonamides is 1.